The van der Waals surface area contributed by atoms with Gasteiger partial charge in [-0.2, -0.15) is 11.3 Å². The van der Waals surface area contributed by atoms with Crippen molar-refractivity contribution in [3.63, 3.8) is 0 Å². The van der Waals surface area contributed by atoms with Crippen molar-refractivity contribution in [2.45, 2.75) is 18.9 Å². The Kier molecular flexibility index (Phi) is 4.50. The van der Waals surface area contributed by atoms with E-state index in [0.29, 0.717) is 0 Å². The molecular formula is C18H19NO3S. The molecule has 2 heterocycles. The fraction of sp³-hybridized carbons (Fsp3) is 0.278. The van der Waals surface area contributed by atoms with E-state index in [1.165, 1.54) is 23.0 Å². The van der Waals surface area contributed by atoms with E-state index in [0.717, 1.165) is 29.9 Å². The number of carbonyl (C=O) groups is 1. The topological polar surface area (TPSA) is 58.6 Å². The van der Waals surface area contributed by atoms with Crippen LogP contribution in [0.4, 0.5) is 0 Å². The van der Waals surface area contributed by atoms with Gasteiger partial charge < -0.3 is 15.2 Å². The van der Waals surface area contributed by atoms with Crippen LogP contribution in [-0.4, -0.2) is 24.2 Å². The van der Waals surface area contributed by atoms with Crippen LogP contribution in [0.15, 0.2) is 41.1 Å². The minimum absolute atomic E-state index is 0.172. The Bertz CT molecular complexity index is 720. The molecule has 1 aliphatic heterocycles. The van der Waals surface area contributed by atoms with Crippen LogP contribution < -0.4 is 10.1 Å². The number of carbonyl (C=O) groups excluding carboxylic acids is 1. The van der Waals surface area contributed by atoms with Gasteiger partial charge in [0.05, 0.1) is 13.2 Å². The van der Waals surface area contributed by atoms with Gasteiger partial charge in [-0.3, -0.25) is 4.79 Å². The first kappa shape index (κ1) is 15.8. The fourth-order valence-corrected chi connectivity index (χ4v) is 3.26. The normalized spacial score (nSPS) is 15.9. The molecule has 3 rings (SSSR count). The summed E-state index contributed by atoms with van der Waals surface area (Å²) in [5.41, 5.74) is 1.89. The Hall–Kier alpha value is -2.11. The first-order chi connectivity index (χ1) is 11.0. The Morgan fingerprint density at radius 2 is 2.35 bits per heavy atom. The molecule has 2 N–H and O–H groups in total. The molecule has 0 bridgehead atoms. The molecular weight excluding hydrogens is 310 g/mol. The van der Waals surface area contributed by atoms with Gasteiger partial charge in [0.2, 0.25) is 5.91 Å². The van der Waals surface area contributed by atoms with Gasteiger partial charge in [0, 0.05) is 12.5 Å². The summed E-state index contributed by atoms with van der Waals surface area (Å²) in [6.07, 6.45) is 4.17. The van der Waals surface area contributed by atoms with Crippen molar-refractivity contribution < 1.29 is 14.6 Å². The second kappa shape index (κ2) is 6.56. The zero-order valence-electron chi connectivity index (χ0n) is 12.9. The zero-order valence-corrected chi connectivity index (χ0v) is 13.7. The maximum Gasteiger partial charge on any atom is 0.244 e. The standard InChI is InChI=1S/C18H19NO3S/c1-18(21,15-7-9-23-11-15)12-19-17(20)5-3-13-2-4-16-14(10-13)6-8-22-16/h2-5,7,9-11,21H,6,8,12H2,1H3,(H,19,20)/b5-3+. The van der Waals surface area contributed by atoms with Gasteiger partial charge in [0.15, 0.2) is 0 Å². The molecule has 0 saturated carbocycles. The van der Waals surface area contributed by atoms with Crippen molar-refractivity contribution in [2.75, 3.05) is 13.2 Å². The Morgan fingerprint density at radius 3 is 3.13 bits per heavy atom. The molecule has 1 amide bonds. The monoisotopic (exact) mass is 329 g/mol. The fourth-order valence-electron chi connectivity index (χ4n) is 2.47. The van der Waals surface area contributed by atoms with Crippen molar-refractivity contribution in [2.24, 2.45) is 0 Å². The average Bonchev–Trinajstić information content (AvgIpc) is 3.21. The van der Waals surface area contributed by atoms with Crippen molar-refractivity contribution in [1.29, 1.82) is 0 Å². The average molecular weight is 329 g/mol. The van der Waals surface area contributed by atoms with Crippen molar-refractivity contribution in [1.82, 2.24) is 5.32 Å². The van der Waals surface area contributed by atoms with E-state index in [2.05, 4.69) is 5.32 Å². The van der Waals surface area contributed by atoms with Crippen LogP contribution in [0.2, 0.25) is 0 Å². The lowest BCUT2D eigenvalue weighted by Gasteiger charge is -2.22. The number of hydrogen-bond acceptors (Lipinski definition) is 4. The summed E-state index contributed by atoms with van der Waals surface area (Å²) in [4.78, 5) is 11.9. The van der Waals surface area contributed by atoms with Crippen LogP contribution in [0.5, 0.6) is 5.75 Å². The van der Waals surface area contributed by atoms with Gasteiger partial charge in [0.1, 0.15) is 11.4 Å². The number of amides is 1. The van der Waals surface area contributed by atoms with E-state index in [4.69, 9.17) is 4.74 Å². The molecule has 120 valence electrons. The van der Waals surface area contributed by atoms with Crippen LogP contribution >= 0.6 is 11.3 Å². The Labute approximate surface area is 139 Å². The van der Waals surface area contributed by atoms with Gasteiger partial charge in [-0.1, -0.05) is 6.07 Å². The molecule has 23 heavy (non-hydrogen) atoms. The SMILES string of the molecule is CC(O)(CNC(=O)/C=C/c1ccc2c(c1)CCO2)c1ccsc1. The summed E-state index contributed by atoms with van der Waals surface area (Å²) < 4.78 is 5.46. The molecule has 4 nitrogen and oxygen atoms in total. The third-order valence-electron chi connectivity index (χ3n) is 3.89. The lowest BCUT2D eigenvalue weighted by molar-refractivity contribution is -0.117. The van der Waals surface area contributed by atoms with Gasteiger partial charge in [-0.05, 0) is 58.6 Å². The highest BCUT2D eigenvalue weighted by atomic mass is 32.1. The molecule has 1 unspecified atom stereocenters. The van der Waals surface area contributed by atoms with Crippen LogP contribution in [0, 0.1) is 0 Å². The third-order valence-corrected chi connectivity index (χ3v) is 4.57. The lowest BCUT2D eigenvalue weighted by atomic mass is 9.99. The van der Waals surface area contributed by atoms with Crippen molar-refractivity contribution >= 4 is 23.3 Å². The number of rotatable bonds is 5. The predicted octanol–water partition coefficient (Wildman–Crippen LogP) is 2.72. The number of fused-ring (bicyclic) bond motifs is 1. The molecule has 0 aliphatic carbocycles. The Morgan fingerprint density at radius 1 is 1.48 bits per heavy atom. The summed E-state index contributed by atoms with van der Waals surface area (Å²) in [5, 5.41) is 16.9. The van der Waals surface area contributed by atoms with Crippen molar-refractivity contribution in [3.05, 3.63) is 57.8 Å². The second-order valence-electron chi connectivity index (χ2n) is 5.80. The third kappa shape index (κ3) is 3.81. The van der Waals surface area contributed by atoms with Gasteiger partial charge in [-0.15, -0.1) is 0 Å². The second-order valence-corrected chi connectivity index (χ2v) is 6.58. The van der Waals surface area contributed by atoms with Crippen LogP contribution in [0.25, 0.3) is 6.08 Å². The van der Waals surface area contributed by atoms with Gasteiger partial charge in [-0.25, -0.2) is 0 Å². The first-order valence-electron chi connectivity index (χ1n) is 7.51. The minimum atomic E-state index is -1.06. The highest BCUT2D eigenvalue weighted by Gasteiger charge is 2.23. The van der Waals surface area contributed by atoms with E-state index in [-0.39, 0.29) is 12.5 Å². The number of aliphatic hydroxyl groups is 1. The molecule has 1 aromatic heterocycles. The smallest absolute Gasteiger partial charge is 0.244 e. The number of ether oxygens (including phenoxy) is 1. The molecule has 1 aliphatic rings. The van der Waals surface area contributed by atoms with Crippen LogP contribution in [0.3, 0.4) is 0 Å². The van der Waals surface area contributed by atoms with E-state index in [1.807, 2.05) is 35.0 Å². The summed E-state index contributed by atoms with van der Waals surface area (Å²) >= 11 is 1.52. The number of thiophene rings is 1. The summed E-state index contributed by atoms with van der Waals surface area (Å²) in [7, 11) is 0. The zero-order chi connectivity index (χ0) is 16.3. The van der Waals surface area contributed by atoms with E-state index in [9.17, 15) is 9.90 Å². The van der Waals surface area contributed by atoms with E-state index < -0.39 is 5.60 Å². The van der Waals surface area contributed by atoms with E-state index in [1.54, 1.807) is 13.0 Å². The van der Waals surface area contributed by atoms with Crippen molar-refractivity contribution in [3.8, 4) is 5.75 Å². The highest BCUT2D eigenvalue weighted by Crippen LogP contribution is 2.26. The molecule has 0 fully saturated rings. The van der Waals surface area contributed by atoms with Gasteiger partial charge in [0.25, 0.3) is 0 Å². The molecule has 0 spiro atoms. The summed E-state index contributed by atoms with van der Waals surface area (Å²) in [6.45, 7) is 2.59. The largest absolute Gasteiger partial charge is 0.493 e. The lowest BCUT2D eigenvalue weighted by Crippen LogP contribution is -2.37. The molecule has 5 heteroatoms. The van der Waals surface area contributed by atoms with Gasteiger partial charge >= 0.3 is 0 Å². The summed E-state index contributed by atoms with van der Waals surface area (Å²) in [6, 6.07) is 7.75. The molecule has 2 aromatic rings. The van der Waals surface area contributed by atoms with E-state index >= 15 is 0 Å². The first-order valence-corrected chi connectivity index (χ1v) is 8.45. The molecule has 0 radical (unpaired) electrons. The molecule has 0 saturated heterocycles. The predicted molar refractivity (Wildman–Crippen MR) is 91.6 cm³/mol. The summed E-state index contributed by atoms with van der Waals surface area (Å²) in [5.74, 6) is 0.704. The number of hydrogen-bond donors (Lipinski definition) is 2. The minimum Gasteiger partial charge on any atom is -0.493 e. The molecule has 1 atom stereocenters. The quantitative estimate of drug-likeness (QED) is 0.829. The highest BCUT2D eigenvalue weighted by molar-refractivity contribution is 7.08. The van der Waals surface area contributed by atoms with Crippen LogP contribution in [0.1, 0.15) is 23.6 Å². The number of benzene rings is 1. The maximum absolute atomic E-state index is 11.9. The number of nitrogens with one attached hydrogen (secondary N) is 1. The Balaban J connectivity index is 1.57. The van der Waals surface area contributed by atoms with Crippen LogP contribution in [-0.2, 0) is 16.8 Å². The maximum atomic E-state index is 11.9. The molecule has 1 aromatic carbocycles.